The van der Waals surface area contributed by atoms with Crippen molar-refractivity contribution < 1.29 is 0 Å². The molecule has 0 fully saturated rings. The van der Waals surface area contributed by atoms with E-state index >= 15 is 0 Å². The van der Waals surface area contributed by atoms with Gasteiger partial charge in [-0.15, -0.1) is 0 Å². The Bertz CT molecular complexity index is 319. The Morgan fingerprint density at radius 1 is 1.33 bits per heavy atom. The molecule has 0 atom stereocenters. The third kappa shape index (κ3) is 5.30. The van der Waals surface area contributed by atoms with E-state index in [2.05, 4.69) is 61.0 Å². The molecule has 0 bridgehead atoms. The molecule has 0 radical (unpaired) electrons. The lowest BCUT2D eigenvalue weighted by Gasteiger charge is -2.08. The second-order valence-corrected chi connectivity index (χ2v) is 5.05. The highest BCUT2D eigenvalue weighted by molar-refractivity contribution is 14.1. The molecule has 0 saturated heterocycles. The Labute approximate surface area is 107 Å². The summed E-state index contributed by atoms with van der Waals surface area (Å²) in [5.74, 6) is 0.481. The molecule has 0 rings (SSSR count). The van der Waals surface area contributed by atoms with Crippen LogP contribution in [0.2, 0.25) is 0 Å². The predicted molar refractivity (Wildman–Crippen MR) is 78.6 cm³/mol. The summed E-state index contributed by atoms with van der Waals surface area (Å²) >= 11 is 2.30. The zero-order valence-corrected chi connectivity index (χ0v) is 12.4. The largest absolute Gasteiger partial charge is 0.256 e. The summed E-state index contributed by atoms with van der Waals surface area (Å²) in [5.41, 5.74) is 3.16. The van der Waals surface area contributed by atoms with E-state index in [4.69, 9.17) is 0 Å². The average Bonchev–Trinajstić information content (AvgIpc) is 2.13. The molecule has 0 unspecified atom stereocenters. The molecule has 2 heteroatoms. The third-order valence-electron chi connectivity index (χ3n) is 2.07. The van der Waals surface area contributed by atoms with Crippen LogP contribution < -0.4 is 0 Å². The van der Waals surface area contributed by atoms with E-state index < -0.39 is 0 Å². The Morgan fingerprint density at radius 2 is 1.87 bits per heavy atom. The monoisotopic (exact) mass is 317 g/mol. The van der Waals surface area contributed by atoms with Gasteiger partial charge in [0.25, 0.3) is 0 Å². The SMILES string of the molecule is C=C(C)/C(N=C(C)C(C)C)=C(I)\C=C/C. The van der Waals surface area contributed by atoms with Gasteiger partial charge in [-0.1, -0.05) is 32.6 Å². The minimum absolute atomic E-state index is 0.481. The topological polar surface area (TPSA) is 12.4 Å². The molecular weight excluding hydrogens is 297 g/mol. The summed E-state index contributed by atoms with van der Waals surface area (Å²) in [6.45, 7) is 14.3. The van der Waals surface area contributed by atoms with Crippen LogP contribution in [0, 0.1) is 5.92 Å². The van der Waals surface area contributed by atoms with Crippen molar-refractivity contribution in [2.24, 2.45) is 10.9 Å². The van der Waals surface area contributed by atoms with E-state index in [9.17, 15) is 0 Å². The molecule has 0 amide bonds. The lowest BCUT2D eigenvalue weighted by molar-refractivity contribution is 0.875. The molecule has 0 spiro atoms. The van der Waals surface area contributed by atoms with E-state index in [1.807, 2.05) is 19.9 Å². The fraction of sp³-hybridized carbons (Fsp3) is 0.462. The molecule has 0 aromatic heterocycles. The number of nitrogens with zero attached hydrogens (tertiary/aromatic N) is 1. The van der Waals surface area contributed by atoms with E-state index in [1.54, 1.807) is 0 Å². The highest BCUT2D eigenvalue weighted by atomic mass is 127. The van der Waals surface area contributed by atoms with Gasteiger partial charge >= 0.3 is 0 Å². The third-order valence-corrected chi connectivity index (χ3v) is 2.94. The van der Waals surface area contributed by atoms with Gasteiger partial charge in [0, 0.05) is 9.29 Å². The van der Waals surface area contributed by atoms with Gasteiger partial charge in [-0.25, -0.2) is 0 Å². The minimum Gasteiger partial charge on any atom is -0.256 e. The smallest absolute Gasteiger partial charge is 0.0785 e. The van der Waals surface area contributed by atoms with Crippen molar-refractivity contribution in [2.45, 2.75) is 34.6 Å². The van der Waals surface area contributed by atoms with Crippen LogP contribution in [0.15, 0.2) is 38.6 Å². The van der Waals surface area contributed by atoms with Crippen LogP contribution in [0.3, 0.4) is 0 Å². The molecule has 0 aliphatic rings. The fourth-order valence-electron chi connectivity index (χ4n) is 0.883. The fourth-order valence-corrected chi connectivity index (χ4v) is 1.82. The molecule has 0 aromatic rings. The number of hydrogen-bond acceptors (Lipinski definition) is 1. The van der Waals surface area contributed by atoms with Crippen molar-refractivity contribution in [1.29, 1.82) is 0 Å². The maximum Gasteiger partial charge on any atom is 0.0785 e. The molecule has 0 saturated carbocycles. The van der Waals surface area contributed by atoms with Gasteiger partial charge in [0.1, 0.15) is 0 Å². The maximum atomic E-state index is 4.63. The van der Waals surface area contributed by atoms with Gasteiger partial charge in [-0.3, -0.25) is 4.99 Å². The molecule has 1 nitrogen and oxygen atoms in total. The second kappa shape index (κ2) is 6.99. The van der Waals surface area contributed by atoms with Crippen LogP contribution in [-0.4, -0.2) is 5.71 Å². The van der Waals surface area contributed by atoms with Crippen LogP contribution in [0.5, 0.6) is 0 Å². The zero-order chi connectivity index (χ0) is 12.0. The van der Waals surface area contributed by atoms with Gasteiger partial charge in [0.05, 0.1) is 5.70 Å². The van der Waals surface area contributed by atoms with Crippen molar-refractivity contribution in [3.05, 3.63) is 33.6 Å². The normalized spacial score (nSPS) is 14.7. The standard InChI is InChI=1S/C13H20IN/c1-7-8-12(14)13(10(4)5)15-11(6)9(2)3/h7-9H,4H2,1-3,5-6H3/b8-7-,13-12-,15-11?. The van der Waals surface area contributed by atoms with E-state index in [1.165, 1.54) is 0 Å². The second-order valence-electron chi connectivity index (χ2n) is 3.88. The van der Waals surface area contributed by atoms with E-state index in [0.29, 0.717) is 5.92 Å². The predicted octanol–water partition coefficient (Wildman–Crippen LogP) is 4.90. The van der Waals surface area contributed by atoms with Crippen molar-refractivity contribution in [3.8, 4) is 0 Å². The van der Waals surface area contributed by atoms with Gasteiger partial charge < -0.3 is 0 Å². The molecule has 0 aliphatic carbocycles. The first-order valence-corrected chi connectivity index (χ1v) is 6.21. The molecule has 0 N–H and O–H groups in total. The first kappa shape index (κ1) is 14.6. The minimum atomic E-state index is 0.481. The summed E-state index contributed by atoms with van der Waals surface area (Å²) in [7, 11) is 0. The number of aliphatic imine (C=N–C) groups is 1. The van der Waals surface area contributed by atoms with Gasteiger partial charge in [0.15, 0.2) is 0 Å². The Hall–Kier alpha value is -0.380. The quantitative estimate of drug-likeness (QED) is 0.397. The molecule has 15 heavy (non-hydrogen) atoms. The lowest BCUT2D eigenvalue weighted by Crippen LogP contribution is -2.02. The van der Waals surface area contributed by atoms with Gasteiger partial charge in [-0.2, -0.15) is 0 Å². The lowest BCUT2D eigenvalue weighted by atomic mass is 10.1. The van der Waals surface area contributed by atoms with Crippen LogP contribution >= 0.6 is 22.6 Å². The first-order valence-electron chi connectivity index (χ1n) is 5.13. The van der Waals surface area contributed by atoms with Gasteiger partial charge in [-0.05, 0) is 54.9 Å². The van der Waals surface area contributed by atoms with Crippen molar-refractivity contribution in [3.63, 3.8) is 0 Å². The summed E-state index contributed by atoms with van der Waals surface area (Å²) in [5, 5.41) is 0. The number of halogens is 1. The summed E-state index contributed by atoms with van der Waals surface area (Å²) in [6.07, 6.45) is 4.08. The van der Waals surface area contributed by atoms with E-state index in [-0.39, 0.29) is 0 Å². The van der Waals surface area contributed by atoms with Crippen molar-refractivity contribution >= 4 is 28.3 Å². The maximum absolute atomic E-state index is 4.63. The summed E-state index contributed by atoms with van der Waals surface area (Å²) in [6, 6.07) is 0. The van der Waals surface area contributed by atoms with Crippen LogP contribution in [0.4, 0.5) is 0 Å². The summed E-state index contributed by atoms with van der Waals surface area (Å²) < 4.78 is 1.14. The number of rotatable bonds is 4. The van der Waals surface area contributed by atoms with Crippen LogP contribution in [0.25, 0.3) is 0 Å². The summed E-state index contributed by atoms with van der Waals surface area (Å²) in [4.78, 5) is 4.63. The Kier molecular flexibility index (Phi) is 6.81. The first-order chi connectivity index (χ1) is 6.90. The molecule has 0 heterocycles. The Balaban J connectivity index is 5.27. The molecule has 0 aliphatic heterocycles. The highest BCUT2D eigenvalue weighted by Gasteiger charge is 2.04. The van der Waals surface area contributed by atoms with Gasteiger partial charge in [0.2, 0.25) is 0 Å². The average molecular weight is 317 g/mol. The Morgan fingerprint density at radius 3 is 2.20 bits per heavy atom. The van der Waals surface area contributed by atoms with Crippen molar-refractivity contribution in [1.82, 2.24) is 0 Å². The van der Waals surface area contributed by atoms with E-state index in [0.717, 1.165) is 20.6 Å². The zero-order valence-electron chi connectivity index (χ0n) is 10.3. The van der Waals surface area contributed by atoms with Crippen LogP contribution in [0.1, 0.15) is 34.6 Å². The molecule has 0 aromatic carbocycles. The van der Waals surface area contributed by atoms with Crippen molar-refractivity contribution in [2.75, 3.05) is 0 Å². The van der Waals surface area contributed by atoms with Crippen LogP contribution in [-0.2, 0) is 0 Å². The number of hydrogen-bond donors (Lipinski definition) is 0. The molecule has 84 valence electrons. The molecular formula is C13H20IN. The number of allylic oxidation sites excluding steroid dienone is 4. The highest BCUT2D eigenvalue weighted by Crippen LogP contribution is 2.22.